The lowest BCUT2D eigenvalue weighted by atomic mass is 10.1. The highest BCUT2D eigenvalue weighted by Crippen LogP contribution is 2.34. The molecule has 25 heavy (non-hydrogen) atoms. The van der Waals surface area contributed by atoms with E-state index in [1.54, 1.807) is 23.7 Å². The molecule has 4 rings (SSSR count). The number of aryl methyl sites for hydroxylation is 1. The van der Waals surface area contributed by atoms with Crippen molar-refractivity contribution in [2.24, 2.45) is 0 Å². The maximum atomic E-state index is 12.6. The summed E-state index contributed by atoms with van der Waals surface area (Å²) in [5.41, 5.74) is 0.807. The van der Waals surface area contributed by atoms with Gasteiger partial charge in [-0.3, -0.25) is 9.78 Å². The van der Waals surface area contributed by atoms with Crippen LogP contribution in [0.4, 0.5) is 0 Å². The van der Waals surface area contributed by atoms with E-state index < -0.39 is 0 Å². The lowest BCUT2D eigenvalue weighted by Crippen LogP contribution is -2.30. The third-order valence-corrected chi connectivity index (χ3v) is 5.36. The maximum absolute atomic E-state index is 12.6. The first kappa shape index (κ1) is 16.0. The van der Waals surface area contributed by atoms with Crippen LogP contribution in [0.3, 0.4) is 0 Å². The molecule has 0 aliphatic carbocycles. The van der Waals surface area contributed by atoms with Gasteiger partial charge in [-0.05, 0) is 36.4 Å². The van der Waals surface area contributed by atoms with Crippen molar-refractivity contribution < 1.29 is 9.32 Å². The van der Waals surface area contributed by atoms with Gasteiger partial charge in [-0.25, -0.2) is 0 Å². The molecule has 0 aromatic carbocycles. The van der Waals surface area contributed by atoms with Crippen LogP contribution in [-0.4, -0.2) is 32.5 Å². The van der Waals surface area contributed by atoms with Gasteiger partial charge in [0.15, 0.2) is 0 Å². The molecule has 0 spiro atoms. The first-order valence-corrected chi connectivity index (χ1v) is 9.25. The van der Waals surface area contributed by atoms with Crippen LogP contribution in [0.2, 0.25) is 0 Å². The van der Waals surface area contributed by atoms with Gasteiger partial charge in [-0.15, -0.1) is 11.3 Å². The van der Waals surface area contributed by atoms with Gasteiger partial charge in [0.1, 0.15) is 0 Å². The number of rotatable bonds is 5. The third kappa shape index (κ3) is 3.46. The molecule has 1 aliphatic heterocycles. The number of aromatic nitrogens is 3. The first-order chi connectivity index (χ1) is 12.3. The molecule has 128 valence electrons. The predicted octanol–water partition coefficient (Wildman–Crippen LogP) is 3.49. The Kier molecular flexibility index (Phi) is 4.56. The summed E-state index contributed by atoms with van der Waals surface area (Å²) in [5.74, 6) is 1.14. The van der Waals surface area contributed by atoms with E-state index in [0.717, 1.165) is 24.9 Å². The molecule has 1 saturated heterocycles. The topological polar surface area (TPSA) is 72.1 Å². The van der Waals surface area contributed by atoms with E-state index in [1.165, 1.54) is 4.88 Å². The summed E-state index contributed by atoms with van der Waals surface area (Å²) in [4.78, 5) is 24.3. The van der Waals surface area contributed by atoms with Crippen LogP contribution >= 0.6 is 11.3 Å². The molecule has 0 N–H and O–H groups in total. The molecule has 4 heterocycles. The molecule has 0 bridgehead atoms. The Morgan fingerprint density at radius 1 is 1.36 bits per heavy atom. The van der Waals surface area contributed by atoms with Crippen LogP contribution in [-0.2, 0) is 11.2 Å². The smallest absolute Gasteiger partial charge is 0.227 e. The average molecular weight is 354 g/mol. The number of carbonyl (C=O) groups is 1. The number of amides is 1. The minimum absolute atomic E-state index is 0.150. The Morgan fingerprint density at radius 3 is 3.12 bits per heavy atom. The lowest BCUT2D eigenvalue weighted by molar-refractivity contribution is -0.132. The number of hydrogen-bond donors (Lipinski definition) is 0. The highest BCUT2D eigenvalue weighted by molar-refractivity contribution is 7.10. The summed E-state index contributed by atoms with van der Waals surface area (Å²) in [6.45, 7) is 0.826. The van der Waals surface area contributed by atoms with Crippen LogP contribution in [0.25, 0.3) is 11.4 Å². The van der Waals surface area contributed by atoms with E-state index in [2.05, 4.69) is 26.6 Å². The summed E-state index contributed by atoms with van der Waals surface area (Å²) in [5, 5.41) is 6.03. The maximum Gasteiger partial charge on any atom is 0.227 e. The molecular formula is C18H18N4O2S. The van der Waals surface area contributed by atoms with Gasteiger partial charge in [0, 0.05) is 42.2 Å². The minimum atomic E-state index is 0.150. The van der Waals surface area contributed by atoms with Gasteiger partial charge >= 0.3 is 0 Å². The van der Waals surface area contributed by atoms with E-state index in [4.69, 9.17) is 4.52 Å². The standard InChI is InChI=1S/C18H18N4O2S/c23-17(22-10-2-5-14(22)15-6-3-11-25-15)8-7-16-20-18(21-24-16)13-4-1-9-19-12-13/h1,3-4,6,9,11-12,14H,2,5,7-8,10H2. The van der Waals surface area contributed by atoms with Crippen LogP contribution in [0, 0.1) is 0 Å². The van der Waals surface area contributed by atoms with Crippen LogP contribution < -0.4 is 0 Å². The zero-order valence-electron chi connectivity index (χ0n) is 13.7. The predicted molar refractivity (Wildman–Crippen MR) is 93.9 cm³/mol. The summed E-state index contributed by atoms with van der Waals surface area (Å²) in [6.07, 6.45) is 6.33. The van der Waals surface area contributed by atoms with E-state index >= 15 is 0 Å². The summed E-state index contributed by atoms with van der Waals surface area (Å²) >= 11 is 1.72. The first-order valence-electron chi connectivity index (χ1n) is 8.37. The second kappa shape index (κ2) is 7.14. The normalized spacial score (nSPS) is 17.1. The van der Waals surface area contributed by atoms with Crippen molar-refractivity contribution in [3.8, 4) is 11.4 Å². The van der Waals surface area contributed by atoms with Gasteiger partial charge in [-0.1, -0.05) is 11.2 Å². The Hall–Kier alpha value is -2.54. The Labute approximate surface area is 149 Å². The highest BCUT2D eigenvalue weighted by atomic mass is 32.1. The molecule has 0 radical (unpaired) electrons. The van der Waals surface area contributed by atoms with Crippen molar-refractivity contribution in [1.29, 1.82) is 0 Å². The molecule has 3 aromatic heterocycles. The molecule has 1 atom stereocenters. The summed E-state index contributed by atoms with van der Waals surface area (Å²) in [7, 11) is 0. The zero-order chi connectivity index (χ0) is 17.1. The Balaban J connectivity index is 1.38. The molecule has 1 aliphatic rings. The fourth-order valence-electron chi connectivity index (χ4n) is 3.17. The second-order valence-corrected chi connectivity index (χ2v) is 6.99. The molecule has 1 amide bonds. The van der Waals surface area contributed by atoms with Gasteiger partial charge in [0.05, 0.1) is 6.04 Å². The number of carbonyl (C=O) groups excluding carboxylic acids is 1. The highest BCUT2D eigenvalue weighted by Gasteiger charge is 2.30. The molecule has 1 fully saturated rings. The summed E-state index contributed by atoms with van der Waals surface area (Å²) in [6, 6.07) is 8.08. The SMILES string of the molecule is O=C(CCc1nc(-c2cccnc2)no1)N1CCCC1c1cccs1. The Morgan fingerprint density at radius 2 is 2.32 bits per heavy atom. The number of nitrogens with zero attached hydrogens (tertiary/aromatic N) is 4. The van der Waals surface area contributed by atoms with E-state index in [1.807, 2.05) is 23.1 Å². The molecule has 0 saturated carbocycles. The van der Waals surface area contributed by atoms with Crippen molar-refractivity contribution in [2.45, 2.75) is 31.7 Å². The lowest BCUT2D eigenvalue weighted by Gasteiger charge is -2.23. The minimum Gasteiger partial charge on any atom is -0.339 e. The summed E-state index contributed by atoms with van der Waals surface area (Å²) < 4.78 is 5.27. The van der Waals surface area contributed by atoms with Crippen molar-refractivity contribution in [1.82, 2.24) is 20.0 Å². The molecule has 7 heteroatoms. The van der Waals surface area contributed by atoms with Crippen LogP contribution in [0.15, 0.2) is 46.6 Å². The fraction of sp³-hybridized carbons (Fsp3) is 0.333. The van der Waals surface area contributed by atoms with Crippen molar-refractivity contribution >= 4 is 17.2 Å². The third-order valence-electron chi connectivity index (χ3n) is 4.39. The van der Waals surface area contributed by atoms with E-state index in [-0.39, 0.29) is 11.9 Å². The molecular weight excluding hydrogens is 336 g/mol. The quantitative estimate of drug-likeness (QED) is 0.701. The number of pyridine rings is 1. The van der Waals surface area contributed by atoms with Crippen LogP contribution in [0.5, 0.6) is 0 Å². The monoisotopic (exact) mass is 354 g/mol. The van der Waals surface area contributed by atoms with E-state index in [9.17, 15) is 4.79 Å². The van der Waals surface area contributed by atoms with Crippen LogP contribution in [0.1, 0.15) is 36.1 Å². The number of thiophene rings is 1. The van der Waals surface area contributed by atoms with Crippen molar-refractivity contribution in [3.63, 3.8) is 0 Å². The van der Waals surface area contributed by atoms with Crippen molar-refractivity contribution in [3.05, 3.63) is 52.8 Å². The Bertz CT molecular complexity index is 832. The molecule has 1 unspecified atom stereocenters. The largest absolute Gasteiger partial charge is 0.339 e. The fourth-order valence-corrected chi connectivity index (χ4v) is 4.04. The van der Waals surface area contributed by atoms with Gasteiger partial charge in [0.25, 0.3) is 0 Å². The molecule has 3 aromatic rings. The van der Waals surface area contributed by atoms with E-state index in [0.29, 0.717) is 24.6 Å². The van der Waals surface area contributed by atoms with Gasteiger partial charge in [0.2, 0.25) is 17.6 Å². The average Bonchev–Trinajstić information content (AvgIpc) is 3.41. The van der Waals surface area contributed by atoms with Crippen molar-refractivity contribution in [2.75, 3.05) is 6.54 Å². The van der Waals surface area contributed by atoms with Gasteiger partial charge in [-0.2, -0.15) is 4.98 Å². The number of hydrogen-bond acceptors (Lipinski definition) is 6. The molecule has 6 nitrogen and oxygen atoms in total. The number of likely N-dealkylation sites (tertiary alicyclic amines) is 1. The second-order valence-electron chi connectivity index (χ2n) is 6.01. The zero-order valence-corrected chi connectivity index (χ0v) is 14.5. The van der Waals surface area contributed by atoms with Gasteiger partial charge < -0.3 is 9.42 Å².